The molecule has 0 atom stereocenters. The first-order valence-corrected chi connectivity index (χ1v) is 6.45. The van der Waals surface area contributed by atoms with Gasteiger partial charge in [-0.3, -0.25) is 4.79 Å². The minimum atomic E-state index is -0.379. The second-order valence-electron chi connectivity index (χ2n) is 3.96. The number of hydrogen-bond donors (Lipinski definition) is 1. The molecule has 0 radical (unpaired) electrons. The number of rotatable bonds is 3. The maximum absolute atomic E-state index is 13.4. The van der Waals surface area contributed by atoms with Crippen molar-refractivity contribution < 1.29 is 4.39 Å². The van der Waals surface area contributed by atoms with Gasteiger partial charge in [-0.1, -0.05) is 13.3 Å². The number of benzene rings is 1. The molecule has 2 aromatic rings. The summed E-state index contributed by atoms with van der Waals surface area (Å²) in [6.45, 7) is 2.02. The van der Waals surface area contributed by atoms with Crippen LogP contribution in [0.4, 0.5) is 4.39 Å². The van der Waals surface area contributed by atoms with Crippen LogP contribution in [0.2, 0.25) is 0 Å². The summed E-state index contributed by atoms with van der Waals surface area (Å²) in [5.74, 6) is 0.0217. The third kappa shape index (κ3) is 2.85. The Labute approximate surface area is 112 Å². The van der Waals surface area contributed by atoms with Crippen LogP contribution < -0.4 is 5.56 Å². The van der Waals surface area contributed by atoms with E-state index in [-0.39, 0.29) is 11.4 Å². The van der Waals surface area contributed by atoms with Gasteiger partial charge in [0.25, 0.3) is 5.56 Å². The third-order valence-electron chi connectivity index (χ3n) is 2.49. The normalized spacial score (nSPS) is 10.6. The third-order valence-corrected chi connectivity index (χ3v) is 3.14. The molecule has 0 bridgehead atoms. The SMILES string of the molecule is CCCc1cc(=O)[nH]c(-c2ccc(Br)c(F)c2)n1. The van der Waals surface area contributed by atoms with Gasteiger partial charge in [0.05, 0.1) is 4.47 Å². The molecular weight excluding hydrogens is 299 g/mol. The van der Waals surface area contributed by atoms with Crippen LogP contribution >= 0.6 is 15.9 Å². The van der Waals surface area contributed by atoms with Crippen molar-refractivity contribution >= 4 is 15.9 Å². The van der Waals surface area contributed by atoms with E-state index in [9.17, 15) is 9.18 Å². The van der Waals surface area contributed by atoms with Crippen LogP contribution in [0.1, 0.15) is 19.0 Å². The van der Waals surface area contributed by atoms with Crippen LogP contribution in [0, 0.1) is 5.82 Å². The molecule has 3 nitrogen and oxygen atoms in total. The number of halogens is 2. The molecule has 0 aliphatic carbocycles. The maximum Gasteiger partial charge on any atom is 0.251 e. The molecule has 0 spiro atoms. The summed E-state index contributed by atoms with van der Waals surface area (Å²) in [4.78, 5) is 18.5. The molecule has 1 aromatic heterocycles. The summed E-state index contributed by atoms with van der Waals surface area (Å²) in [6.07, 6.45) is 1.64. The first-order valence-electron chi connectivity index (χ1n) is 5.66. The van der Waals surface area contributed by atoms with Gasteiger partial charge in [-0.2, -0.15) is 0 Å². The highest BCUT2D eigenvalue weighted by Crippen LogP contribution is 2.21. The highest BCUT2D eigenvalue weighted by atomic mass is 79.9. The van der Waals surface area contributed by atoms with Crippen LogP contribution in [-0.4, -0.2) is 9.97 Å². The minimum absolute atomic E-state index is 0.216. The monoisotopic (exact) mass is 310 g/mol. The van der Waals surface area contributed by atoms with Crippen molar-refractivity contribution in [3.05, 3.63) is 50.6 Å². The van der Waals surface area contributed by atoms with Crippen LogP contribution in [0.5, 0.6) is 0 Å². The number of H-pyrrole nitrogens is 1. The van der Waals surface area contributed by atoms with E-state index in [4.69, 9.17) is 0 Å². The van der Waals surface area contributed by atoms with Crippen LogP contribution in [0.15, 0.2) is 33.5 Å². The zero-order valence-corrected chi connectivity index (χ0v) is 11.4. The molecular formula is C13H12BrFN2O. The topological polar surface area (TPSA) is 45.8 Å². The van der Waals surface area contributed by atoms with Gasteiger partial charge in [-0.25, -0.2) is 9.37 Å². The largest absolute Gasteiger partial charge is 0.307 e. The van der Waals surface area contributed by atoms with E-state index in [1.54, 1.807) is 12.1 Å². The van der Waals surface area contributed by atoms with Gasteiger partial charge in [-0.05, 0) is 40.5 Å². The Kier molecular flexibility index (Phi) is 3.91. The van der Waals surface area contributed by atoms with Gasteiger partial charge >= 0.3 is 0 Å². The first kappa shape index (κ1) is 13.0. The Bertz CT molecular complexity index is 625. The molecule has 0 saturated carbocycles. The van der Waals surface area contributed by atoms with E-state index >= 15 is 0 Å². The first-order chi connectivity index (χ1) is 8.60. The molecule has 0 fully saturated rings. The van der Waals surface area contributed by atoms with Crippen LogP contribution in [0.3, 0.4) is 0 Å². The van der Waals surface area contributed by atoms with Gasteiger partial charge in [0.15, 0.2) is 0 Å². The fraction of sp³-hybridized carbons (Fsp3) is 0.231. The Hall–Kier alpha value is -1.49. The lowest BCUT2D eigenvalue weighted by molar-refractivity contribution is 0.621. The van der Waals surface area contributed by atoms with Gasteiger partial charge in [-0.15, -0.1) is 0 Å². The van der Waals surface area contributed by atoms with E-state index in [0.29, 0.717) is 15.9 Å². The van der Waals surface area contributed by atoms with Crippen molar-refractivity contribution in [2.24, 2.45) is 0 Å². The van der Waals surface area contributed by atoms with Crippen molar-refractivity contribution in [2.75, 3.05) is 0 Å². The zero-order chi connectivity index (χ0) is 13.1. The Morgan fingerprint density at radius 1 is 1.39 bits per heavy atom. The molecule has 0 saturated heterocycles. The van der Waals surface area contributed by atoms with E-state index in [2.05, 4.69) is 25.9 Å². The summed E-state index contributed by atoms with van der Waals surface area (Å²) >= 11 is 3.09. The van der Waals surface area contributed by atoms with Crippen molar-refractivity contribution in [3.63, 3.8) is 0 Å². The van der Waals surface area contributed by atoms with Crippen LogP contribution in [-0.2, 0) is 6.42 Å². The van der Waals surface area contributed by atoms with E-state index in [0.717, 1.165) is 18.5 Å². The molecule has 0 unspecified atom stereocenters. The molecule has 1 aromatic carbocycles. The number of aromatic amines is 1. The van der Waals surface area contributed by atoms with Crippen molar-refractivity contribution in [2.45, 2.75) is 19.8 Å². The van der Waals surface area contributed by atoms with Gasteiger partial charge in [0.1, 0.15) is 11.6 Å². The van der Waals surface area contributed by atoms with Crippen molar-refractivity contribution in [1.29, 1.82) is 0 Å². The fourth-order valence-corrected chi connectivity index (χ4v) is 1.92. The lowest BCUT2D eigenvalue weighted by atomic mass is 10.2. The molecule has 94 valence electrons. The average Bonchev–Trinajstić information content (AvgIpc) is 2.32. The summed E-state index contributed by atoms with van der Waals surface area (Å²) in [6, 6.07) is 6.12. The van der Waals surface area contributed by atoms with Gasteiger partial charge in [0.2, 0.25) is 0 Å². The van der Waals surface area contributed by atoms with E-state index < -0.39 is 0 Å². The van der Waals surface area contributed by atoms with Gasteiger partial charge < -0.3 is 4.98 Å². The highest BCUT2D eigenvalue weighted by Gasteiger charge is 2.06. The molecule has 1 N–H and O–H groups in total. The van der Waals surface area contributed by atoms with Gasteiger partial charge in [0, 0.05) is 17.3 Å². The predicted molar refractivity (Wildman–Crippen MR) is 71.9 cm³/mol. The minimum Gasteiger partial charge on any atom is -0.307 e. The molecule has 5 heteroatoms. The average molecular weight is 311 g/mol. The van der Waals surface area contributed by atoms with Crippen molar-refractivity contribution in [3.8, 4) is 11.4 Å². The maximum atomic E-state index is 13.4. The van der Waals surface area contributed by atoms with E-state index in [1.165, 1.54) is 12.1 Å². The van der Waals surface area contributed by atoms with E-state index in [1.807, 2.05) is 6.92 Å². The summed E-state index contributed by atoms with van der Waals surface area (Å²) in [5.41, 5.74) is 1.07. The number of aromatic nitrogens is 2. The second kappa shape index (κ2) is 5.44. The lowest BCUT2D eigenvalue weighted by Gasteiger charge is -2.04. The number of nitrogens with zero attached hydrogens (tertiary/aromatic N) is 1. The Balaban J connectivity index is 2.49. The second-order valence-corrected chi connectivity index (χ2v) is 4.82. The quantitative estimate of drug-likeness (QED) is 0.945. The molecule has 2 rings (SSSR count). The number of nitrogens with one attached hydrogen (secondary N) is 1. The zero-order valence-electron chi connectivity index (χ0n) is 9.84. The van der Waals surface area contributed by atoms with Crippen LogP contribution in [0.25, 0.3) is 11.4 Å². The molecule has 1 heterocycles. The Morgan fingerprint density at radius 3 is 2.83 bits per heavy atom. The number of hydrogen-bond acceptors (Lipinski definition) is 2. The molecule has 0 amide bonds. The lowest BCUT2D eigenvalue weighted by Crippen LogP contribution is -2.10. The van der Waals surface area contributed by atoms with Crippen molar-refractivity contribution in [1.82, 2.24) is 9.97 Å². The Morgan fingerprint density at radius 2 is 2.17 bits per heavy atom. The smallest absolute Gasteiger partial charge is 0.251 e. The summed E-state index contributed by atoms with van der Waals surface area (Å²) in [5, 5.41) is 0. The molecule has 18 heavy (non-hydrogen) atoms. The summed E-state index contributed by atoms with van der Waals surface area (Å²) < 4.78 is 13.8. The predicted octanol–water partition coefficient (Wildman–Crippen LogP) is 3.29. The summed E-state index contributed by atoms with van der Waals surface area (Å²) in [7, 11) is 0. The highest BCUT2D eigenvalue weighted by molar-refractivity contribution is 9.10. The fourth-order valence-electron chi connectivity index (χ4n) is 1.67. The molecule has 0 aliphatic rings. The standard InChI is InChI=1S/C13H12BrFN2O/c1-2-3-9-7-12(18)17-13(16-9)8-4-5-10(14)11(15)6-8/h4-7H,2-3H2,1H3,(H,16,17,18). The number of aryl methyl sites for hydroxylation is 1. The molecule has 0 aliphatic heterocycles.